The Hall–Kier alpha value is -1.91. The van der Waals surface area contributed by atoms with E-state index < -0.39 is 5.97 Å². The van der Waals surface area contributed by atoms with Crippen molar-refractivity contribution in [1.29, 1.82) is 0 Å². The summed E-state index contributed by atoms with van der Waals surface area (Å²) in [5.41, 5.74) is 1.58. The smallest absolute Gasteiger partial charge is 0.335 e. The number of carbonyl (C=O) groups is 1. The zero-order valence-electron chi connectivity index (χ0n) is 11.9. The van der Waals surface area contributed by atoms with Gasteiger partial charge in [-0.3, -0.25) is 0 Å². The summed E-state index contributed by atoms with van der Waals surface area (Å²) >= 11 is 12.1. The quantitative estimate of drug-likeness (QED) is 0.800. The van der Waals surface area contributed by atoms with E-state index in [1.807, 2.05) is 6.92 Å². The Kier molecular flexibility index (Phi) is 5.52. The van der Waals surface area contributed by atoms with Crippen molar-refractivity contribution in [2.45, 2.75) is 13.5 Å². The van der Waals surface area contributed by atoms with Crippen molar-refractivity contribution in [2.24, 2.45) is 0 Å². The van der Waals surface area contributed by atoms with E-state index >= 15 is 0 Å². The predicted octanol–water partition coefficient (Wildman–Crippen LogP) is 4.70. The van der Waals surface area contributed by atoms with Gasteiger partial charge < -0.3 is 15.2 Å². The van der Waals surface area contributed by atoms with Crippen molar-refractivity contribution < 1.29 is 14.6 Å². The van der Waals surface area contributed by atoms with E-state index in [1.54, 1.807) is 24.3 Å². The highest BCUT2D eigenvalue weighted by molar-refractivity contribution is 6.33. The first-order valence-corrected chi connectivity index (χ1v) is 7.44. The molecule has 0 unspecified atom stereocenters. The van der Waals surface area contributed by atoms with Crippen LogP contribution in [0, 0.1) is 0 Å². The summed E-state index contributed by atoms with van der Waals surface area (Å²) in [7, 11) is 0. The summed E-state index contributed by atoms with van der Waals surface area (Å²) in [5, 5.41) is 13.2. The van der Waals surface area contributed by atoms with E-state index in [0.29, 0.717) is 28.9 Å². The molecule has 0 bridgehead atoms. The Labute approximate surface area is 138 Å². The van der Waals surface area contributed by atoms with Crippen molar-refractivity contribution in [3.8, 4) is 5.75 Å². The summed E-state index contributed by atoms with van der Waals surface area (Å²) < 4.78 is 5.55. The highest BCUT2D eigenvalue weighted by Gasteiger charge is 2.09. The van der Waals surface area contributed by atoms with Crippen LogP contribution >= 0.6 is 23.2 Å². The molecule has 0 aromatic heterocycles. The third-order valence-electron chi connectivity index (χ3n) is 3.00. The van der Waals surface area contributed by atoms with Crippen LogP contribution in [0.3, 0.4) is 0 Å². The monoisotopic (exact) mass is 339 g/mol. The van der Waals surface area contributed by atoms with Gasteiger partial charge in [0.1, 0.15) is 5.75 Å². The van der Waals surface area contributed by atoms with E-state index in [1.165, 1.54) is 12.1 Å². The standard InChI is InChI=1S/C16H15Cl2NO3/c1-2-22-15-6-4-12(17)7-11(15)9-19-14-8-10(16(20)21)3-5-13(14)18/h3-8,19H,2,9H2,1H3,(H,20,21). The van der Waals surface area contributed by atoms with Crippen LogP contribution in [0.15, 0.2) is 36.4 Å². The number of hydrogen-bond donors (Lipinski definition) is 2. The molecule has 0 radical (unpaired) electrons. The number of nitrogens with one attached hydrogen (secondary N) is 1. The molecule has 6 heteroatoms. The minimum Gasteiger partial charge on any atom is -0.494 e. The molecule has 2 rings (SSSR count). The molecule has 0 saturated heterocycles. The molecule has 4 nitrogen and oxygen atoms in total. The fourth-order valence-electron chi connectivity index (χ4n) is 1.97. The maximum Gasteiger partial charge on any atom is 0.335 e. The summed E-state index contributed by atoms with van der Waals surface area (Å²) in [6, 6.07) is 9.87. The first-order valence-electron chi connectivity index (χ1n) is 6.69. The van der Waals surface area contributed by atoms with Gasteiger partial charge >= 0.3 is 5.97 Å². The lowest BCUT2D eigenvalue weighted by Crippen LogP contribution is -2.05. The van der Waals surface area contributed by atoms with Gasteiger partial charge in [-0.1, -0.05) is 23.2 Å². The van der Waals surface area contributed by atoms with Crippen LogP contribution in [-0.4, -0.2) is 17.7 Å². The van der Waals surface area contributed by atoms with Gasteiger partial charge in [0, 0.05) is 17.1 Å². The molecule has 2 N–H and O–H groups in total. The van der Waals surface area contributed by atoms with Gasteiger partial charge in [0.25, 0.3) is 0 Å². The summed E-state index contributed by atoms with van der Waals surface area (Å²) in [6.45, 7) is 2.86. The molecule has 0 atom stereocenters. The fourth-order valence-corrected chi connectivity index (χ4v) is 2.35. The minimum absolute atomic E-state index is 0.169. The van der Waals surface area contributed by atoms with E-state index in [2.05, 4.69) is 5.32 Å². The van der Waals surface area contributed by atoms with Crippen molar-refractivity contribution in [2.75, 3.05) is 11.9 Å². The zero-order valence-corrected chi connectivity index (χ0v) is 13.4. The second-order valence-electron chi connectivity index (χ2n) is 4.54. The van der Waals surface area contributed by atoms with Crippen LogP contribution in [0.25, 0.3) is 0 Å². The minimum atomic E-state index is -1.00. The van der Waals surface area contributed by atoms with Gasteiger partial charge in [0.2, 0.25) is 0 Å². The molecular weight excluding hydrogens is 325 g/mol. The lowest BCUT2D eigenvalue weighted by atomic mass is 10.1. The van der Waals surface area contributed by atoms with Crippen LogP contribution in [0.4, 0.5) is 5.69 Å². The number of ether oxygens (including phenoxy) is 1. The van der Waals surface area contributed by atoms with Crippen LogP contribution in [0.2, 0.25) is 10.0 Å². The summed E-state index contributed by atoms with van der Waals surface area (Å²) in [5.74, 6) is -0.276. The average Bonchev–Trinajstić information content (AvgIpc) is 2.48. The molecule has 0 aliphatic rings. The predicted molar refractivity (Wildman–Crippen MR) is 88.4 cm³/mol. The van der Waals surface area contributed by atoms with E-state index in [0.717, 1.165) is 11.3 Å². The van der Waals surface area contributed by atoms with Gasteiger partial charge in [0.15, 0.2) is 0 Å². The molecule has 22 heavy (non-hydrogen) atoms. The van der Waals surface area contributed by atoms with Crippen molar-refractivity contribution in [1.82, 2.24) is 0 Å². The fraction of sp³-hybridized carbons (Fsp3) is 0.188. The normalized spacial score (nSPS) is 10.3. The number of benzene rings is 2. The molecule has 0 fully saturated rings. The van der Waals surface area contributed by atoms with E-state index in [9.17, 15) is 4.79 Å². The second-order valence-corrected chi connectivity index (χ2v) is 5.38. The zero-order chi connectivity index (χ0) is 16.1. The first kappa shape index (κ1) is 16.5. The molecular formula is C16H15Cl2NO3. The third-order valence-corrected chi connectivity index (χ3v) is 3.57. The Balaban J connectivity index is 2.21. The Morgan fingerprint density at radius 1 is 1.23 bits per heavy atom. The number of aromatic carboxylic acids is 1. The van der Waals surface area contributed by atoms with Gasteiger partial charge in [-0.2, -0.15) is 0 Å². The van der Waals surface area contributed by atoms with Crippen LogP contribution in [0.5, 0.6) is 5.75 Å². The lowest BCUT2D eigenvalue weighted by Gasteiger charge is -2.13. The number of carboxylic acids is 1. The number of rotatable bonds is 6. The molecule has 0 amide bonds. The van der Waals surface area contributed by atoms with E-state index in [-0.39, 0.29) is 5.56 Å². The maximum atomic E-state index is 11.0. The SMILES string of the molecule is CCOc1ccc(Cl)cc1CNc1cc(C(=O)O)ccc1Cl. The molecule has 2 aromatic rings. The number of hydrogen-bond acceptors (Lipinski definition) is 3. The molecule has 0 heterocycles. The van der Waals surface area contributed by atoms with Crippen LogP contribution < -0.4 is 10.1 Å². The lowest BCUT2D eigenvalue weighted by molar-refractivity contribution is 0.0697. The van der Waals surface area contributed by atoms with Gasteiger partial charge in [-0.15, -0.1) is 0 Å². The van der Waals surface area contributed by atoms with Crippen molar-refractivity contribution >= 4 is 34.9 Å². The van der Waals surface area contributed by atoms with Gasteiger partial charge in [0.05, 0.1) is 22.9 Å². The summed E-state index contributed by atoms with van der Waals surface area (Å²) in [4.78, 5) is 11.0. The average molecular weight is 340 g/mol. The number of carboxylic acid groups (broad SMARTS) is 1. The second kappa shape index (κ2) is 7.38. The van der Waals surface area contributed by atoms with Crippen molar-refractivity contribution in [3.05, 3.63) is 57.6 Å². The molecule has 116 valence electrons. The highest BCUT2D eigenvalue weighted by atomic mass is 35.5. The molecule has 0 aliphatic carbocycles. The Morgan fingerprint density at radius 2 is 2.00 bits per heavy atom. The third kappa shape index (κ3) is 4.06. The molecule has 2 aromatic carbocycles. The van der Waals surface area contributed by atoms with Crippen LogP contribution in [-0.2, 0) is 6.54 Å². The Bertz CT molecular complexity index is 689. The first-order chi connectivity index (χ1) is 10.5. The topological polar surface area (TPSA) is 58.6 Å². The Morgan fingerprint density at radius 3 is 2.68 bits per heavy atom. The largest absolute Gasteiger partial charge is 0.494 e. The summed E-state index contributed by atoms with van der Waals surface area (Å²) in [6.07, 6.45) is 0. The van der Waals surface area contributed by atoms with Crippen molar-refractivity contribution in [3.63, 3.8) is 0 Å². The highest BCUT2D eigenvalue weighted by Crippen LogP contribution is 2.27. The van der Waals surface area contributed by atoms with Gasteiger partial charge in [-0.25, -0.2) is 4.79 Å². The molecule has 0 spiro atoms. The molecule has 0 aliphatic heterocycles. The number of halogens is 2. The maximum absolute atomic E-state index is 11.0. The van der Waals surface area contributed by atoms with Gasteiger partial charge in [-0.05, 0) is 43.3 Å². The molecule has 0 saturated carbocycles. The van der Waals surface area contributed by atoms with Crippen LogP contribution in [0.1, 0.15) is 22.8 Å². The number of anilines is 1. The van der Waals surface area contributed by atoms with E-state index in [4.69, 9.17) is 33.0 Å².